The number of nitrogens with zero attached hydrogens (tertiary/aromatic N) is 5. The number of piperidine rings is 1. The minimum atomic E-state index is 0.728. The van der Waals surface area contributed by atoms with Gasteiger partial charge in [-0.2, -0.15) is 0 Å². The number of benzene rings is 1. The van der Waals surface area contributed by atoms with Crippen molar-refractivity contribution in [1.82, 2.24) is 19.9 Å². The zero-order valence-corrected chi connectivity index (χ0v) is 17.9. The van der Waals surface area contributed by atoms with E-state index in [2.05, 4.69) is 26.9 Å². The van der Waals surface area contributed by atoms with E-state index in [1.165, 1.54) is 30.4 Å². The van der Waals surface area contributed by atoms with Crippen molar-refractivity contribution < 1.29 is 0 Å². The Morgan fingerprint density at radius 3 is 2.60 bits per heavy atom. The van der Waals surface area contributed by atoms with Gasteiger partial charge in [-0.05, 0) is 49.6 Å². The fourth-order valence-electron chi connectivity index (χ4n) is 4.43. The van der Waals surface area contributed by atoms with Gasteiger partial charge in [0.2, 0.25) is 0 Å². The zero-order chi connectivity index (χ0) is 20.3. The van der Waals surface area contributed by atoms with Crippen molar-refractivity contribution in [3.05, 3.63) is 70.6 Å². The summed E-state index contributed by atoms with van der Waals surface area (Å²) < 4.78 is 0. The van der Waals surface area contributed by atoms with Gasteiger partial charge in [-0.15, -0.1) is 0 Å². The number of halogens is 1. The van der Waals surface area contributed by atoms with Gasteiger partial charge in [0.25, 0.3) is 0 Å². The molecule has 0 amide bonds. The molecule has 5 rings (SSSR count). The highest BCUT2D eigenvalue weighted by molar-refractivity contribution is 6.30. The molecular formula is C24H26ClN5. The molecule has 6 heteroatoms. The van der Waals surface area contributed by atoms with E-state index < -0.39 is 0 Å². The fourth-order valence-corrected chi connectivity index (χ4v) is 4.56. The number of hydrogen-bond donors (Lipinski definition) is 0. The summed E-state index contributed by atoms with van der Waals surface area (Å²) in [5.74, 6) is 1.94. The maximum atomic E-state index is 6.00. The van der Waals surface area contributed by atoms with Gasteiger partial charge in [-0.3, -0.25) is 4.90 Å². The lowest BCUT2D eigenvalue weighted by Gasteiger charge is -2.32. The van der Waals surface area contributed by atoms with Crippen molar-refractivity contribution >= 4 is 17.4 Å². The highest BCUT2D eigenvalue weighted by atomic mass is 35.5. The normalized spacial score (nSPS) is 17.0. The summed E-state index contributed by atoms with van der Waals surface area (Å²) in [5.41, 5.74) is 4.71. The highest BCUT2D eigenvalue weighted by Crippen LogP contribution is 2.26. The van der Waals surface area contributed by atoms with Crippen LogP contribution < -0.4 is 4.90 Å². The van der Waals surface area contributed by atoms with Crippen molar-refractivity contribution in [1.29, 1.82) is 0 Å². The van der Waals surface area contributed by atoms with E-state index in [1.54, 1.807) is 0 Å². The quantitative estimate of drug-likeness (QED) is 0.611. The van der Waals surface area contributed by atoms with Gasteiger partial charge in [0.1, 0.15) is 5.82 Å². The van der Waals surface area contributed by atoms with Gasteiger partial charge >= 0.3 is 0 Å². The standard InChI is InChI=1S/C24H26ClN5/c25-21-8-6-18(7-9-21)23-27-15-20-17-29(14-10-22(20)28-23)16-19-5-4-11-26-24(19)30-12-2-1-3-13-30/h4-9,11,15H,1-3,10,12-14,16-17H2. The summed E-state index contributed by atoms with van der Waals surface area (Å²) >= 11 is 6.00. The Balaban J connectivity index is 1.31. The van der Waals surface area contributed by atoms with E-state index in [1.807, 2.05) is 36.7 Å². The Morgan fingerprint density at radius 1 is 0.933 bits per heavy atom. The predicted octanol–water partition coefficient (Wildman–Crippen LogP) is 4.74. The van der Waals surface area contributed by atoms with E-state index in [9.17, 15) is 0 Å². The first kappa shape index (κ1) is 19.5. The Labute approximate surface area is 182 Å². The third kappa shape index (κ3) is 4.18. The largest absolute Gasteiger partial charge is 0.356 e. The molecule has 0 radical (unpaired) electrons. The molecule has 3 aromatic rings. The first-order valence-corrected chi connectivity index (χ1v) is 11.2. The monoisotopic (exact) mass is 419 g/mol. The molecule has 154 valence electrons. The van der Waals surface area contributed by atoms with Crippen LogP contribution in [0, 0.1) is 0 Å². The number of aromatic nitrogens is 3. The topological polar surface area (TPSA) is 45.2 Å². The van der Waals surface area contributed by atoms with Crippen molar-refractivity contribution in [3.63, 3.8) is 0 Å². The summed E-state index contributed by atoms with van der Waals surface area (Å²) in [4.78, 5) is 19.1. The van der Waals surface area contributed by atoms with Gasteiger partial charge in [-0.25, -0.2) is 15.0 Å². The van der Waals surface area contributed by atoms with Crippen LogP contribution in [-0.2, 0) is 19.5 Å². The van der Waals surface area contributed by atoms with Crippen molar-refractivity contribution in [3.8, 4) is 11.4 Å². The SMILES string of the molecule is Clc1ccc(-c2ncc3c(n2)CCN(Cc2cccnc2N2CCCCC2)C3)cc1. The Bertz CT molecular complexity index is 1010. The minimum Gasteiger partial charge on any atom is -0.356 e. The molecule has 0 spiro atoms. The molecule has 1 fully saturated rings. The van der Waals surface area contributed by atoms with E-state index in [0.717, 1.165) is 67.1 Å². The van der Waals surface area contributed by atoms with E-state index in [0.29, 0.717) is 0 Å². The second-order valence-electron chi connectivity index (χ2n) is 8.17. The number of rotatable bonds is 4. The molecule has 0 bridgehead atoms. The van der Waals surface area contributed by atoms with E-state index in [4.69, 9.17) is 21.6 Å². The fraction of sp³-hybridized carbons (Fsp3) is 0.375. The Hall–Kier alpha value is -2.50. The number of hydrogen-bond acceptors (Lipinski definition) is 5. The van der Waals surface area contributed by atoms with Crippen LogP contribution in [0.15, 0.2) is 48.8 Å². The third-order valence-electron chi connectivity index (χ3n) is 6.03. The maximum Gasteiger partial charge on any atom is 0.159 e. The lowest BCUT2D eigenvalue weighted by molar-refractivity contribution is 0.243. The lowest BCUT2D eigenvalue weighted by atomic mass is 10.1. The predicted molar refractivity (Wildman–Crippen MR) is 121 cm³/mol. The summed E-state index contributed by atoms with van der Waals surface area (Å²) in [6.45, 7) is 5.03. The van der Waals surface area contributed by atoms with E-state index in [-0.39, 0.29) is 0 Å². The zero-order valence-electron chi connectivity index (χ0n) is 17.1. The molecule has 30 heavy (non-hydrogen) atoms. The minimum absolute atomic E-state index is 0.728. The summed E-state index contributed by atoms with van der Waals surface area (Å²) in [5, 5.41) is 0.728. The van der Waals surface area contributed by atoms with Crippen LogP contribution >= 0.6 is 11.6 Å². The van der Waals surface area contributed by atoms with Crippen molar-refractivity contribution in [2.24, 2.45) is 0 Å². The molecule has 2 aliphatic heterocycles. The maximum absolute atomic E-state index is 6.00. The molecule has 1 saturated heterocycles. The van der Waals surface area contributed by atoms with Crippen LogP contribution in [0.3, 0.4) is 0 Å². The average molecular weight is 420 g/mol. The van der Waals surface area contributed by atoms with Gasteiger partial charge in [0, 0.05) is 73.3 Å². The van der Waals surface area contributed by atoms with Gasteiger partial charge in [0.05, 0.1) is 5.69 Å². The van der Waals surface area contributed by atoms with Crippen LogP contribution in [0.4, 0.5) is 5.82 Å². The third-order valence-corrected chi connectivity index (χ3v) is 6.28. The summed E-state index contributed by atoms with van der Waals surface area (Å²) in [6, 6.07) is 12.0. The molecule has 4 heterocycles. The molecule has 2 aromatic heterocycles. The smallest absolute Gasteiger partial charge is 0.159 e. The first-order valence-electron chi connectivity index (χ1n) is 10.8. The number of fused-ring (bicyclic) bond motifs is 1. The second-order valence-corrected chi connectivity index (χ2v) is 8.60. The molecule has 0 atom stereocenters. The van der Waals surface area contributed by atoms with Crippen LogP contribution in [0.1, 0.15) is 36.1 Å². The summed E-state index contributed by atoms with van der Waals surface area (Å²) in [7, 11) is 0. The van der Waals surface area contributed by atoms with Crippen LogP contribution in [-0.4, -0.2) is 39.5 Å². The van der Waals surface area contributed by atoms with Gasteiger partial charge in [0.15, 0.2) is 5.82 Å². The average Bonchev–Trinajstić information content (AvgIpc) is 2.80. The Morgan fingerprint density at radius 2 is 1.77 bits per heavy atom. The molecule has 0 unspecified atom stereocenters. The second kappa shape index (κ2) is 8.70. The lowest BCUT2D eigenvalue weighted by Crippen LogP contribution is -2.34. The molecule has 2 aliphatic rings. The van der Waals surface area contributed by atoms with E-state index >= 15 is 0 Å². The highest BCUT2D eigenvalue weighted by Gasteiger charge is 2.22. The van der Waals surface area contributed by atoms with Crippen LogP contribution in [0.25, 0.3) is 11.4 Å². The van der Waals surface area contributed by atoms with Gasteiger partial charge in [-0.1, -0.05) is 17.7 Å². The molecule has 1 aromatic carbocycles. The van der Waals surface area contributed by atoms with Gasteiger partial charge < -0.3 is 4.90 Å². The summed E-state index contributed by atoms with van der Waals surface area (Å²) in [6.07, 6.45) is 8.72. The first-order chi connectivity index (χ1) is 14.8. The molecular weight excluding hydrogens is 394 g/mol. The number of pyridine rings is 1. The molecule has 0 N–H and O–H groups in total. The molecule has 5 nitrogen and oxygen atoms in total. The molecule has 0 aliphatic carbocycles. The van der Waals surface area contributed by atoms with Crippen LogP contribution in [0.5, 0.6) is 0 Å². The number of anilines is 1. The van der Waals surface area contributed by atoms with Crippen molar-refractivity contribution in [2.75, 3.05) is 24.5 Å². The Kier molecular flexibility index (Phi) is 5.65. The van der Waals surface area contributed by atoms with Crippen LogP contribution in [0.2, 0.25) is 5.02 Å². The van der Waals surface area contributed by atoms with Crippen molar-refractivity contribution in [2.45, 2.75) is 38.8 Å². The molecule has 0 saturated carbocycles.